The third-order valence-electron chi connectivity index (χ3n) is 1.57. The summed E-state index contributed by atoms with van der Waals surface area (Å²) in [7, 11) is 0. The molecule has 0 heterocycles. The molecule has 0 unspecified atom stereocenters. The lowest BCUT2D eigenvalue weighted by molar-refractivity contribution is 0.375. The van der Waals surface area contributed by atoms with Crippen LogP contribution in [0.1, 0.15) is 5.56 Å². The number of amidine groups is 1. The van der Waals surface area contributed by atoms with Gasteiger partial charge in [0.1, 0.15) is 12.4 Å². The number of hydrogen-bond donors (Lipinski definition) is 2. The van der Waals surface area contributed by atoms with E-state index in [0.29, 0.717) is 0 Å². The second-order valence-electron chi connectivity index (χ2n) is 2.72. The largest absolute Gasteiger partial charge is 0.486 e. The Morgan fingerprint density at radius 3 is 2.54 bits per heavy atom. The molecule has 1 rings (SSSR count). The van der Waals surface area contributed by atoms with Gasteiger partial charge in [-0.2, -0.15) is 5.10 Å². The molecule has 4 heteroatoms. The summed E-state index contributed by atoms with van der Waals surface area (Å²) in [6.07, 6.45) is 0. The van der Waals surface area contributed by atoms with Gasteiger partial charge in [-0.25, -0.2) is 0 Å². The molecule has 0 bridgehead atoms. The van der Waals surface area contributed by atoms with Crippen molar-refractivity contribution >= 4 is 5.84 Å². The first-order valence-electron chi connectivity index (χ1n) is 3.94. The number of nitrogens with zero attached hydrogens (tertiary/aromatic N) is 1. The highest BCUT2D eigenvalue weighted by atomic mass is 16.5. The molecule has 1 aromatic carbocycles. The highest BCUT2D eigenvalue weighted by Crippen LogP contribution is 2.10. The fourth-order valence-corrected chi connectivity index (χ4v) is 0.829. The molecular formula is C9H13N3O. The third kappa shape index (κ3) is 3.02. The predicted octanol–water partition coefficient (Wildman–Crippen LogP) is 0.605. The van der Waals surface area contributed by atoms with Gasteiger partial charge in [-0.3, -0.25) is 0 Å². The first kappa shape index (κ1) is 9.38. The number of hydrazone groups is 1. The van der Waals surface area contributed by atoms with Crippen LogP contribution in [0, 0.1) is 6.92 Å². The van der Waals surface area contributed by atoms with Gasteiger partial charge in [0, 0.05) is 0 Å². The Labute approximate surface area is 77.2 Å². The summed E-state index contributed by atoms with van der Waals surface area (Å²) < 4.78 is 5.28. The maximum atomic E-state index is 5.35. The number of rotatable bonds is 3. The summed E-state index contributed by atoms with van der Waals surface area (Å²) in [5.41, 5.74) is 6.54. The molecule has 0 amide bonds. The van der Waals surface area contributed by atoms with Crippen molar-refractivity contribution in [1.29, 1.82) is 0 Å². The van der Waals surface area contributed by atoms with Gasteiger partial charge in [0.2, 0.25) is 0 Å². The summed E-state index contributed by atoms with van der Waals surface area (Å²) >= 11 is 0. The number of nitrogens with two attached hydrogens (primary N) is 2. The molecule has 0 atom stereocenters. The standard InChI is InChI=1S/C9H13N3O/c1-7-2-4-8(5-3-7)13-6-9(10)12-11/h2-5H,6,11H2,1H3,(H2,10,12). The van der Waals surface area contributed by atoms with Crippen LogP contribution < -0.4 is 16.3 Å². The summed E-state index contributed by atoms with van der Waals surface area (Å²) in [4.78, 5) is 0. The Morgan fingerprint density at radius 2 is 2.00 bits per heavy atom. The van der Waals surface area contributed by atoms with Crippen LogP contribution in [-0.4, -0.2) is 12.4 Å². The highest BCUT2D eigenvalue weighted by Gasteiger charge is 1.94. The zero-order valence-electron chi connectivity index (χ0n) is 7.53. The first-order chi connectivity index (χ1) is 6.22. The minimum atomic E-state index is 0.222. The monoisotopic (exact) mass is 179 g/mol. The van der Waals surface area contributed by atoms with Crippen LogP contribution in [-0.2, 0) is 0 Å². The molecule has 0 aliphatic carbocycles. The molecule has 0 aliphatic rings. The minimum absolute atomic E-state index is 0.222. The van der Waals surface area contributed by atoms with Crippen molar-refractivity contribution in [3.05, 3.63) is 29.8 Å². The molecule has 0 fully saturated rings. The molecular weight excluding hydrogens is 166 g/mol. The molecule has 0 radical (unpaired) electrons. The Morgan fingerprint density at radius 1 is 1.38 bits per heavy atom. The van der Waals surface area contributed by atoms with Gasteiger partial charge in [-0.1, -0.05) is 17.7 Å². The Kier molecular flexibility index (Phi) is 3.14. The maximum absolute atomic E-state index is 5.35. The van der Waals surface area contributed by atoms with E-state index < -0.39 is 0 Å². The van der Waals surface area contributed by atoms with Gasteiger partial charge in [0.25, 0.3) is 0 Å². The van der Waals surface area contributed by atoms with E-state index in [1.807, 2.05) is 31.2 Å². The number of hydrogen-bond acceptors (Lipinski definition) is 3. The van der Waals surface area contributed by atoms with Gasteiger partial charge in [0.05, 0.1) is 0 Å². The maximum Gasteiger partial charge on any atom is 0.157 e. The highest BCUT2D eigenvalue weighted by molar-refractivity contribution is 5.81. The lowest BCUT2D eigenvalue weighted by Crippen LogP contribution is -2.22. The summed E-state index contributed by atoms with van der Waals surface area (Å²) in [5, 5.41) is 3.29. The van der Waals surface area contributed by atoms with Crippen molar-refractivity contribution in [2.24, 2.45) is 16.7 Å². The topological polar surface area (TPSA) is 73.6 Å². The van der Waals surface area contributed by atoms with E-state index in [-0.39, 0.29) is 12.4 Å². The second-order valence-corrected chi connectivity index (χ2v) is 2.72. The molecule has 0 saturated heterocycles. The summed E-state index contributed by atoms with van der Waals surface area (Å²) in [6, 6.07) is 7.68. The molecule has 0 aliphatic heterocycles. The molecule has 0 aromatic heterocycles. The number of aryl methyl sites for hydroxylation is 1. The van der Waals surface area contributed by atoms with Gasteiger partial charge in [0.15, 0.2) is 5.84 Å². The van der Waals surface area contributed by atoms with Crippen LogP contribution in [0.2, 0.25) is 0 Å². The van der Waals surface area contributed by atoms with E-state index in [9.17, 15) is 0 Å². The minimum Gasteiger partial charge on any atom is -0.486 e. The lowest BCUT2D eigenvalue weighted by Gasteiger charge is -2.04. The van der Waals surface area contributed by atoms with E-state index in [2.05, 4.69) is 5.10 Å². The van der Waals surface area contributed by atoms with Crippen molar-refractivity contribution in [2.75, 3.05) is 6.61 Å². The van der Waals surface area contributed by atoms with E-state index in [4.69, 9.17) is 16.3 Å². The average Bonchev–Trinajstić information content (AvgIpc) is 2.16. The van der Waals surface area contributed by atoms with E-state index >= 15 is 0 Å². The van der Waals surface area contributed by atoms with E-state index in [0.717, 1.165) is 5.75 Å². The lowest BCUT2D eigenvalue weighted by atomic mass is 10.2. The van der Waals surface area contributed by atoms with Gasteiger partial charge in [-0.15, -0.1) is 0 Å². The fourth-order valence-electron chi connectivity index (χ4n) is 0.829. The molecule has 0 saturated carbocycles. The van der Waals surface area contributed by atoms with Crippen molar-refractivity contribution < 1.29 is 4.74 Å². The molecule has 0 spiro atoms. The zero-order valence-corrected chi connectivity index (χ0v) is 7.53. The fraction of sp³-hybridized carbons (Fsp3) is 0.222. The Bertz CT molecular complexity index is 292. The van der Waals surface area contributed by atoms with Crippen molar-refractivity contribution in [2.45, 2.75) is 6.92 Å². The molecule has 4 N–H and O–H groups in total. The Hall–Kier alpha value is -1.71. The normalized spacial score (nSPS) is 11.3. The van der Waals surface area contributed by atoms with Crippen LogP contribution in [0.3, 0.4) is 0 Å². The first-order valence-corrected chi connectivity index (χ1v) is 3.94. The quantitative estimate of drug-likeness (QED) is 0.309. The van der Waals surface area contributed by atoms with Crippen LogP contribution in [0.15, 0.2) is 29.4 Å². The van der Waals surface area contributed by atoms with E-state index in [1.165, 1.54) is 5.56 Å². The Balaban J connectivity index is 2.51. The third-order valence-corrected chi connectivity index (χ3v) is 1.57. The molecule has 70 valence electrons. The van der Waals surface area contributed by atoms with Crippen molar-refractivity contribution in [1.82, 2.24) is 0 Å². The van der Waals surface area contributed by atoms with Crippen molar-refractivity contribution in [3.63, 3.8) is 0 Å². The van der Waals surface area contributed by atoms with Crippen LogP contribution >= 0.6 is 0 Å². The SMILES string of the molecule is Cc1ccc(OC/C(N)=N/N)cc1. The summed E-state index contributed by atoms with van der Waals surface area (Å²) in [6.45, 7) is 2.24. The smallest absolute Gasteiger partial charge is 0.157 e. The zero-order chi connectivity index (χ0) is 9.68. The molecule has 1 aromatic rings. The van der Waals surface area contributed by atoms with Gasteiger partial charge in [-0.05, 0) is 19.1 Å². The average molecular weight is 179 g/mol. The summed E-state index contributed by atoms with van der Waals surface area (Å²) in [5.74, 6) is 5.98. The second kappa shape index (κ2) is 4.35. The van der Waals surface area contributed by atoms with Crippen LogP contribution in [0.5, 0.6) is 5.75 Å². The molecule has 13 heavy (non-hydrogen) atoms. The van der Waals surface area contributed by atoms with Crippen LogP contribution in [0.25, 0.3) is 0 Å². The predicted molar refractivity (Wildman–Crippen MR) is 52.5 cm³/mol. The van der Waals surface area contributed by atoms with Crippen LogP contribution in [0.4, 0.5) is 0 Å². The van der Waals surface area contributed by atoms with E-state index in [1.54, 1.807) is 0 Å². The van der Waals surface area contributed by atoms with Gasteiger partial charge >= 0.3 is 0 Å². The van der Waals surface area contributed by atoms with Crippen molar-refractivity contribution in [3.8, 4) is 5.75 Å². The number of benzene rings is 1. The van der Waals surface area contributed by atoms with Gasteiger partial charge < -0.3 is 16.3 Å². The molecule has 4 nitrogen and oxygen atoms in total. The number of ether oxygens (including phenoxy) is 1.